The summed E-state index contributed by atoms with van der Waals surface area (Å²) >= 11 is 0. The van der Waals surface area contributed by atoms with Crippen molar-refractivity contribution >= 4 is 17.4 Å². The van der Waals surface area contributed by atoms with E-state index in [0.717, 1.165) is 5.82 Å². The Bertz CT molecular complexity index is 576. The van der Waals surface area contributed by atoms with Gasteiger partial charge in [-0.2, -0.15) is 0 Å². The zero-order chi connectivity index (χ0) is 13.3. The van der Waals surface area contributed by atoms with Crippen molar-refractivity contribution in [2.75, 3.05) is 19.4 Å². The third kappa shape index (κ3) is 2.11. The number of aromatic nitrogens is 4. The Labute approximate surface area is 105 Å². The predicted octanol–water partition coefficient (Wildman–Crippen LogP) is 0.321. The number of hydrogen-bond acceptors (Lipinski definition) is 5. The number of nitrogens with one attached hydrogen (secondary N) is 1. The van der Waals surface area contributed by atoms with Crippen molar-refractivity contribution in [2.24, 2.45) is 0 Å². The predicted molar refractivity (Wildman–Crippen MR) is 67.3 cm³/mol. The monoisotopic (exact) mass is 248 g/mol. The second-order valence-corrected chi connectivity index (χ2v) is 4.32. The zero-order valence-electron chi connectivity index (χ0n) is 10.9. The number of carbonyl (C=O) groups is 1. The summed E-state index contributed by atoms with van der Waals surface area (Å²) in [5, 5.41) is 11.1. The van der Waals surface area contributed by atoms with Gasteiger partial charge in [0.15, 0.2) is 5.82 Å². The number of aryl methyl sites for hydroxylation is 1. The first-order chi connectivity index (χ1) is 8.50. The van der Waals surface area contributed by atoms with Gasteiger partial charge in [-0.05, 0) is 13.8 Å². The topological polar surface area (TPSA) is 75.4 Å². The van der Waals surface area contributed by atoms with Crippen molar-refractivity contribution in [3.8, 4) is 0 Å². The fourth-order valence-electron chi connectivity index (χ4n) is 1.70. The molecule has 0 aliphatic rings. The van der Waals surface area contributed by atoms with Crippen LogP contribution in [0.2, 0.25) is 0 Å². The summed E-state index contributed by atoms with van der Waals surface area (Å²) in [7, 11) is 3.44. The van der Waals surface area contributed by atoms with Crippen LogP contribution in [-0.2, 0) is 4.79 Å². The fourth-order valence-corrected chi connectivity index (χ4v) is 1.70. The minimum absolute atomic E-state index is 0.0185. The molecule has 0 bridgehead atoms. The van der Waals surface area contributed by atoms with Gasteiger partial charge in [0.05, 0.1) is 0 Å². The summed E-state index contributed by atoms with van der Waals surface area (Å²) in [5.74, 6) is 1.32. The Morgan fingerprint density at radius 1 is 1.44 bits per heavy atom. The molecule has 1 unspecified atom stereocenters. The van der Waals surface area contributed by atoms with Crippen LogP contribution in [0.5, 0.6) is 0 Å². The molecular weight excluding hydrogens is 232 g/mol. The van der Waals surface area contributed by atoms with Gasteiger partial charge in [-0.15, -0.1) is 10.2 Å². The summed E-state index contributed by atoms with van der Waals surface area (Å²) in [6, 6.07) is -0.365. The molecule has 18 heavy (non-hydrogen) atoms. The van der Waals surface area contributed by atoms with Crippen molar-refractivity contribution in [1.82, 2.24) is 24.5 Å². The lowest BCUT2D eigenvalue weighted by molar-refractivity contribution is -0.129. The largest absolute Gasteiger partial charge is 0.355 e. The van der Waals surface area contributed by atoms with Crippen LogP contribution in [0.4, 0.5) is 5.82 Å². The molecule has 7 nitrogen and oxygen atoms in total. The van der Waals surface area contributed by atoms with E-state index >= 15 is 0 Å². The summed E-state index contributed by atoms with van der Waals surface area (Å²) in [6.45, 7) is 3.65. The van der Waals surface area contributed by atoms with Crippen LogP contribution in [0.1, 0.15) is 12.7 Å². The van der Waals surface area contributed by atoms with Crippen LogP contribution in [0, 0.1) is 6.92 Å². The smallest absolute Gasteiger partial charge is 0.244 e. The van der Waals surface area contributed by atoms with E-state index in [1.807, 2.05) is 11.3 Å². The summed E-state index contributed by atoms with van der Waals surface area (Å²) < 4.78 is 1.82. The van der Waals surface area contributed by atoms with Crippen molar-refractivity contribution in [3.63, 3.8) is 0 Å². The Kier molecular flexibility index (Phi) is 3.14. The Balaban J connectivity index is 2.29. The van der Waals surface area contributed by atoms with Crippen LogP contribution in [-0.4, -0.2) is 50.5 Å². The maximum Gasteiger partial charge on any atom is 0.244 e. The molecule has 0 aliphatic heterocycles. The number of hydrogen-bond donors (Lipinski definition) is 1. The van der Waals surface area contributed by atoms with Gasteiger partial charge in [0.25, 0.3) is 0 Å². The first-order valence-corrected chi connectivity index (χ1v) is 5.64. The second kappa shape index (κ2) is 4.59. The third-order valence-corrected chi connectivity index (χ3v) is 2.66. The van der Waals surface area contributed by atoms with Gasteiger partial charge < -0.3 is 10.2 Å². The number of amides is 1. The van der Waals surface area contributed by atoms with E-state index in [2.05, 4.69) is 20.5 Å². The number of fused-ring (bicyclic) bond motifs is 1. The van der Waals surface area contributed by atoms with Crippen LogP contribution >= 0.6 is 0 Å². The molecular formula is C11H16N6O. The van der Waals surface area contributed by atoms with Crippen molar-refractivity contribution in [3.05, 3.63) is 18.2 Å². The summed E-state index contributed by atoms with van der Waals surface area (Å²) in [5.41, 5.74) is 0.619. The third-order valence-electron chi connectivity index (χ3n) is 2.66. The van der Waals surface area contributed by atoms with Crippen molar-refractivity contribution in [2.45, 2.75) is 19.9 Å². The van der Waals surface area contributed by atoms with Gasteiger partial charge in [-0.25, -0.2) is 4.98 Å². The SMILES string of the molecule is Cc1nnc2c(NC(C)C(=O)N(C)C)nccn12. The van der Waals surface area contributed by atoms with Crippen molar-refractivity contribution < 1.29 is 4.79 Å². The average Bonchev–Trinajstić information content (AvgIpc) is 2.71. The molecule has 0 aromatic carbocycles. The molecule has 0 saturated heterocycles. The lowest BCUT2D eigenvalue weighted by Gasteiger charge is -2.18. The van der Waals surface area contributed by atoms with Gasteiger partial charge in [-0.3, -0.25) is 9.20 Å². The molecule has 2 aromatic heterocycles. The van der Waals surface area contributed by atoms with Gasteiger partial charge in [0.1, 0.15) is 11.9 Å². The number of anilines is 1. The quantitative estimate of drug-likeness (QED) is 0.846. The molecule has 7 heteroatoms. The molecule has 0 spiro atoms. The normalized spacial score (nSPS) is 12.4. The maximum absolute atomic E-state index is 11.8. The number of carbonyl (C=O) groups excluding carboxylic acids is 1. The van der Waals surface area contributed by atoms with E-state index in [4.69, 9.17) is 0 Å². The van der Waals surface area contributed by atoms with Gasteiger partial charge in [0, 0.05) is 26.5 Å². The van der Waals surface area contributed by atoms with Crippen LogP contribution in [0.15, 0.2) is 12.4 Å². The van der Waals surface area contributed by atoms with Crippen molar-refractivity contribution in [1.29, 1.82) is 0 Å². The Hall–Kier alpha value is -2.18. The van der Waals surface area contributed by atoms with E-state index in [1.165, 1.54) is 4.90 Å². The molecule has 1 N–H and O–H groups in total. The molecule has 1 amide bonds. The molecule has 1 atom stereocenters. The zero-order valence-corrected chi connectivity index (χ0v) is 10.9. The van der Waals surface area contributed by atoms with E-state index in [1.54, 1.807) is 33.4 Å². The highest BCUT2D eigenvalue weighted by Gasteiger charge is 2.17. The van der Waals surface area contributed by atoms with E-state index in [0.29, 0.717) is 11.5 Å². The molecule has 96 valence electrons. The molecule has 0 radical (unpaired) electrons. The lowest BCUT2D eigenvalue weighted by atomic mass is 10.3. The number of likely N-dealkylation sites (N-methyl/N-ethyl adjacent to an activating group) is 1. The summed E-state index contributed by atoms with van der Waals surface area (Å²) in [6.07, 6.45) is 3.44. The first kappa shape index (κ1) is 12.3. The first-order valence-electron chi connectivity index (χ1n) is 5.64. The van der Waals surface area contributed by atoms with E-state index in [-0.39, 0.29) is 11.9 Å². The molecule has 0 aliphatic carbocycles. The minimum atomic E-state index is -0.365. The standard InChI is InChI=1S/C11H16N6O/c1-7(11(18)16(3)4)13-9-10-15-14-8(2)17(10)6-5-12-9/h5-7H,1-4H3,(H,12,13). The van der Waals surface area contributed by atoms with Crippen LogP contribution < -0.4 is 5.32 Å². The second-order valence-electron chi connectivity index (χ2n) is 4.32. The highest BCUT2D eigenvalue weighted by atomic mass is 16.2. The average molecular weight is 248 g/mol. The Morgan fingerprint density at radius 2 is 2.17 bits per heavy atom. The summed E-state index contributed by atoms with van der Waals surface area (Å²) in [4.78, 5) is 17.5. The molecule has 0 saturated carbocycles. The molecule has 2 aromatic rings. The highest BCUT2D eigenvalue weighted by molar-refractivity contribution is 5.84. The van der Waals surface area contributed by atoms with Crippen LogP contribution in [0.3, 0.4) is 0 Å². The van der Waals surface area contributed by atoms with Crippen LogP contribution in [0.25, 0.3) is 5.65 Å². The lowest BCUT2D eigenvalue weighted by Crippen LogP contribution is -2.37. The fraction of sp³-hybridized carbons (Fsp3) is 0.455. The minimum Gasteiger partial charge on any atom is -0.355 e. The highest BCUT2D eigenvalue weighted by Crippen LogP contribution is 2.13. The molecule has 0 fully saturated rings. The van der Waals surface area contributed by atoms with Gasteiger partial charge in [-0.1, -0.05) is 0 Å². The van der Waals surface area contributed by atoms with Gasteiger partial charge in [0.2, 0.25) is 11.6 Å². The van der Waals surface area contributed by atoms with Gasteiger partial charge >= 0.3 is 0 Å². The molecule has 2 heterocycles. The molecule has 2 rings (SSSR count). The number of nitrogens with zero attached hydrogens (tertiary/aromatic N) is 5. The Morgan fingerprint density at radius 3 is 2.83 bits per heavy atom. The maximum atomic E-state index is 11.8. The van der Waals surface area contributed by atoms with E-state index in [9.17, 15) is 4.79 Å². The van der Waals surface area contributed by atoms with E-state index < -0.39 is 0 Å². The number of rotatable bonds is 3.